The SMILES string of the molecule is COCCNc1nc(N)nc(-n2ccnc2)n1. The molecule has 0 saturated heterocycles. The molecule has 0 bridgehead atoms. The van der Waals surface area contributed by atoms with Crippen LogP contribution in [0, 0.1) is 0 Å². The molecule has 0 spiro atoms. The van der Waals surface area contributed by atoms with E-state index in [2.05, 4.69) is 25.3 Å². The highest BCUT2D eigenvalue weighted by Gasteiger charge is 2.05. The van der Waals surface area contributed by atoms with Crippen molar-refractivity contribution < 1.29 is 4.74 Å². The van der Waals surface area contributed by atoms with E-state index in [1.165, 1.54) is 0 Å². The monoisotopic (exact) mass is 235 g/mol. The summed E-state index contributed by atoms with van der Waals surface area (Å²) >= 11 is 0. The fourth-order valence-corrected chi connectivity index (χ4v) is 1.22. The Hall–Kier alpha value is -2.22. The smallest absolute Gasteiger partial charge is 0.241 e. The molecule has 0 aliphatic carbocycles. The van der Waals surface area contributed by atoms with Crippen LogP contribution in [-0.4, -0.2) is 44.8 Å². The molecule has 3 N–H and O–H groups in total. The van der Waals surface area contributed by atoms with Crippen molar-refractivity contribution in [1.82, 2.24) is 24.5 Å². The molecule has 17 heavy (non-hydrogen) atoms. The predicted molar refractivity (Wildman–Crippen MR) is 61.7 cm³/mol. The van der Waals surface area contributed by atoms with Gasteiger partial charge in [0, 0.05) is 26.0 Å². The Kier molecular flexibility index (Phi) is 3.46. The van der Waals surface area contributed by atoms with E-state index < -0.39 is 0 Å². The molecule has 0 unspecified atom stereocenters. The lowest BCUT2D eigenvalue weighted by Crippen LogP contribution is -2.13. The maximum Gasteiger partial charge on any atom is 0.241 e. The van der Waals surface area contributed by atoms with Crippen molar-refractivity contribution in [2.45, 2.75) is 0 Å². The first kappa shape index (κ1) is 11.3. The lowest BCUT2D eigenvalue weighted by Gasteiger charge is -2.06. The average molecular weight is 235 g/mol. The van der Waals surface area contributed by atoms with Gasteiger partial charge in [0.05, 0.1) is 6.61 Å². The minimum absolute atomic E-state index is 0.156. The number of rotatable bonds is 5. The van der Waals surface area contributed by atoms with E-state index in [9.17, 15) is 0 Å². The first-order chi connectivity index (χ1) is 8.29. The highest BCUT2D eigenvalue weighted by Crippen LogP contribution is 2.06. The number of hydrogen-bond acceptors (Lipinski definition) is 7. The molecular weight excluding hydrogens is 222 g/mol. The fourth-order valence-electron chi connectivity index (χ4n) is 1.22. The molecule has 0 saturated carbocycles. The van der Waals surface area contributed by atoms with Gasteiger partial charge in [0.2, 0.25) is 17.8 Å². The molecular formula is C9H13N7O. The average Bonchev–Trinajstić information content (AvgIpc) is 2.82. The number of nitrogen functional groups attached to an aromatic ring is 1. The standard InChI is InChI=1S/C9H13N7O/c1-17-5-3-12-8-13-7(10)14-9(15-8)16-4-2-11-6-16/h2,4,6H,3,5H2,1H3,(H3,10,12,13,14,15). The number of nitrogens with two attached hydrogens (primary N) is 1. The molecule has 2 heterocycles. The molecule has 8 heteroatoms. The van der Waals surface area contributed by atoms with Crippen molar-refractivity contribution in [2.75, 3.05) is 31.3 Å². The van der Waals surface area contributed by atoms with Crippen LogP contribution in [0.3, 0.4) is 0 Å². The van der Waals surface area contributed by atoms with Crippen molar-refractivity contribution in [3.63, 3.8) is 0 Å². The third kappa shape index (κ3) is 2.88. The van der Waals surface area contributed by atoms with Gasteiger partial charge >= 0.3 is 0 Å². The number of hydrogen-bond donors (Lipinski definition) is 2. The van der Waals surface area contributed by atoms with Gasteiger partial charge in [-0.3, -0.25) is 4.57 Å². The van der Waals surface area contributed by atoms with Crippen molar-refractivity contribution in [3.05, 3.63) is 18.7 Å². The van der Waals surface area contributed by atoms with Crippen LogP contribution >= 0.6 is 0 Å². The summed E-state index contributed by atoms with van der Waals surface area (Å²) in [5.41, 5.74) is 5.60. The van der Waals surface area contributed by atoms with Crippen LogP contribution in [0.5, 0.6) is 0 Å². The Morgan fingerprint density at radius 2 is 2.29 bits per heavy atom. The van der Waals surface area contributed by atoms with E-state index in [1.54, 1.807) is 30.4 Å². The van der Waals surface area contributed by atoms with Gasteiger partial charge in [0.15, 0.2) is 0 Å². The number of imidazole rings is 1. The third-order valence-electron chi connectivity index (χ3n) is 1.97. The van der Waals surface area contributed by atoms with Crippen molar-refractivity contribution in [3.8, 4) is 5.95 Å². The number of anilines is 2. The summed E-state index contributed by atoms with van der Waals surface area (Å²) in [4.78, 5) is 16.1. The van der Waals surface area contributed by atoms with Gasteiger partial charge < -0.3 is 15.8 Å². The molecule has 2 rings (SSSR count). The van der Waals surface area contributed by atoms with E-state index in [0.29, 0.717) is 25.0 Å². The fraction of sp³-hybridized carbons (Fsp3) is 0.333. The Labute approximate surface area is 97.9 Å². The topological polar surface area (TPSA) is 104 Å². The molecule has 2 aromatic heterocycles. The number of methoxy groups -OCH3 is 1. The summed E-state index contributed by atoms with van der Waals surface area (Å²) in [6.07, 6.45) is 4.96. The number of nitrogens with one attached hydrogen (secondary N) is 1. The third-order valence-corrected chi connectivity index (χ3v) is 1.97. The van der Waals surface area contributed by atoms with E-state index in [4.69, 9.17) is 10.5 Å². The van der Waals surface area contributed by atoms with Crippen LogP contribution in [0.4, 0.5) is 11.9 Å². The van der Waals surface area contributed by atoms with Crippen molar-refractivity contribution in [1.29, 1.82) is 0 Å². The molecule has 0 radical (unpaired) electrons. The van der Waals surface area contributed by atoms with Gasteiger partial charge in [-0.15, -0.1) is 0 Å². The Bertz CT molecular complexity index is 470. The van der Waals surface area contributed by atoms with Crippen LogP contribution in [0.1, 0.15) is 0 Å². The first-order valence-electron chi connectivity index (χ1n) is 5.02. The molecule has 0 amide bonds. The largest absolute Gasteiger partial charge is 0.383 e. The van der Waals surface area contributed by atoms with E-state index in [0.717, 1.165) is 0 Å². The van der Waals surface area contributed by atoms with E-state index in [-0.39, 0.29) is 5.95 Å². The minimum atomic E-state index is 0.156. The Morgan fingerprint density at radius 3 is 3.00 bits per heavy atom. The first-order valence-corrected chi connectivity index (χ1v) is 5.02. The van der Waals surface area contributed by atoms with Gasteiger partial charge in [0.25, 0.3) is 0 Å². The Balaban J connectivity index is 2.18. The summed E-state index contributed by atoms with van der Waals surface area (Å²) < 4.78 is 6.57. The zero-order chi connectivity index (χ0) is 12.1. The number of ether oxygens (including phenoxy) is 1. The summed E-state index contributed by atoms with van der Waals surface area (Å²) in [5.74, 6) is 0.997. The quantitative estimate of drug-likeness (QED) is 0.685. The zero-order valence-electron chi connectivity index (χ0n) is 9.37. The van der Waals surface area contributed by atoms with Crippen LogP contribution in [0.15, 0.2) is 18.7 Å². The lowest BCUT2D eigenvalue weighted by atomic mass is 10.6. The highest BCUT2D eigenvalue weighted by atomic mass is 16.5. The van der Waals surface area contributed by atoms with Gasteiger partial charge in [-0.2, -0.15) is 15.0 Å². The maximum absolute atomic E-state index is 5.60. The summed E-state index contributed by atoms with van der Waals surface area (Å²) in [6.45, 7) is 1.16. The highest BCUT2D eigenvalue weighted by molar-refractivity contribution is 5.34. The number of nitrogens with zero attached hydrogens (tertiary/aromatic N) is 5. The number of aromatic nitrogens is 5. The summed E-state index contributed by atoms with van der Waals surface area (Å²) in [5, 5.41) is 2.99. The molecule has 0 fully saturated rings. The van der Waals surface area contributed by atoms with Gasteiger partial charge in [-0.25, -0.2) is 4.98 Å². The van der Waals surface area contributed by atoms with Crippen LogP contribution in [0.2, 0.25) is 0 Å². The molecule has 0 aromatic carbocycles. The van der Waals surface area contributed by atoms with Crippen LogP contribution in [-0.2, 0) is 4.74 Å². The summed E-state index contributed by atoms with van der Waals surface area (Å²) in [7, 11) is 1.63. The van der Waals surface area contributed by atoms with E-state index >= 15 is 0 Å². The molecule has 2 aromatic rings. The molecule has 90 valence electrons. The molecule has 0 aliphatic heterocycles. The zero-order valence-corrected chi connectivity index (χ0v) is 9.37. The van der Waals surface area contributed by atoms with Crippen LogP contribution in [0.25, 0.3) is 5.95 Å². The summed E-state index contributed by atoms with van der Waals surface area (Å²) in [6, 6.07) is 0. The normalized spacial score (nSPS) is 10.4. The second-order valence-electron chi connectivity index (χ2n) is 3.21. The molecule has 0 atom stereocenters. The van der Waals surface area contributed by atoms with Gasteiger partial charge in [-0.05, 0) is 0 Å². The Morgan fingerprint density at radius 1 is 1.41 bits per heavy atom. The second-order valence-corrected chi connectivity index (χ2v) is 3.21. The van der Waals surface area contributed by atoms with Crippen LogP contribution < -0.4 is 11.1 Å². The van der Waals surface area contributed by atoms with Crippen molar-refractivity contribution >= 4 is 11.9 Å². The van der Waals surface area contributed by atoms with Crippen molar-refractivity contribution in [2.24, 2.45) is 0 Å². The second kappa shape index (κ2) is 5.21. The maximum atomic E-state index is 5.60. The molecule has 8 nitrogen and oxygen atoms in total. The van der Waals surface area contributed by atoms with Gasteiger partial charge in [-0.1, -0.05) is 0 Å². The lowest BCUT2D eigenvalue weighted by molar-refractivity contribution is 0.210. The predicted octanol–water partition coefficient (Wildman–Crippen LogP) is -0.302. The molecule has 0 aliphatic rings. The van der Waals surface area contributed by atoms with Gasteiger partial charge in [0.1, 0.15) is 6.33 Å². The minimum Gasteiger partial charge on any atom is -0.383 e. The van der Waals surface area contributed by atoms with E-state index in [1.807, 2.05) is 0 Å².